The molecule has 0 saturated heterocycles. The Bertz CT molecular complexity index is 146. The molecule has 0 spiro atoms. The fraction of sp³-hybridized carbons (Fsp3) is 1.00. The predicted molar refractivity (Wildman–Crippen MR) is 61.2 cm³/mol. The summed E-state index contributed by atoms with van der Waals surface area (Å²) in [5.74, 6) is 0.688. The summed E-state index contributed by atoms with van der Waals surface area (Å²) < 4.78 is 0. The molecule has 3 nitrogen and oxygen atoms in total. The highest BCUT2D eigenvalue weighted by Crippen LogP contribution is 2.07. The highest BCUT2D eigenvalue weighted by Gasteiger charge is 2.18. The van der Waals surface area contributed by atoms with Crippen molar-refractivity contribution in [2.45, 2.75) is 39.7 Å². The Kier molecular flexibility index (Phi) is 6.33. The molecule has 0 fully saturated rings. The van der Waals surface area contributed by atoms with Crippen molar-refractivity contribution in [3.05, 3.63) is 0 Å². The van der Waals surface area contributed by atoms with Gasteiger partial charge in [0.1, 0.15) is 0 Å². The van der Waals surface area contributed by atoms with Crippen molar-refractivity contribution >= 4 is 0 Å². The Morgan fingerprint density at radius 2 is 2.00 bits per heavy atom. The molecule has 1 atom stereocenters. The van der Waals surface area contributed by atoms with Gasteiger partial charge in [0.05, 0.1) is 6.61 Å². The van der Waals surface area contributed by atoms with E-state index in [1.165, 1.54) is 0 Å². The first-order chi connectivity index (χ1) is 6.41. The third-order valence-electron chi connectivity index (χ3n) is 2.43. The summed E-state index contributed by atoms with van der Waals surface area (Å²) in [7, 11) is 0. The first-order valence-corrected chi connectivity index (χ1v) is 5.53. The van der Waals surface area contributed by atoms with Crippen LogP contribution in [0.1, 0.15) is 34.1 Å². The van der Waals surface area contributed by atoms with Crippen LogP contribution in [-0.2, 0) is 0 Å². The molecule has 0 aliphatic heterocycles. The molecular formula is C11H26N2O. The second kappa shape index (κ2) is 6.38. The van der Waals surface area contributed by atoms with Gasteiger partial charge in [0.2, 0.25) is 0 Å². The minimum absolute atomic E-state index is 0.0617. The van der Waals surface area contributed by atoms with Crippen LogP contribution in [-0.4, -0.2) is 41.8 Å². The van der Waals surface area contributed by atoms with Crippen molar-refractivity contribution in [1.29, 1.82) is 0 Å². The first-order valence-electron chi connectivity index (χ1n) is 5.53. The molecule has 0 amide bonds. The SMILES string of the molecule is CCN(CCC(C)(N)CO)CC(C)C. The molecule has 1 unspecified atom stereocenters. The third kappa shape index (κ3) is 6.35. The van der Waals surface area contributed by atoms with Crippen molar-refractivity contribution in [2.24, 2.45) is 11.7 Å². The molecule has 0 heterocycles. The van der Waals surface area contributed by atoms with Gasteiger partial charge in [-0.15, -0.1) is 0 Å². The molecule has 0 bridgehead atoms. The summed E-state index contributed by atoms with van der Waals surface area (Å²) in [6.45, 7) is 11.7. The lowest BCUT2D eigenvalue weighted by atomic mass is 10.0. The van der Waals surface area contributed by atoms with E-state index >= 15 is 0 Å². The molecule has 3 heteroatoms. The highest BCUT2D eigenvalue weighted by atomic mass is 16.3. The molecule has 0 aliphatic carbocycles. The number of hydrogen-bond acceptors (Lipinski definition) is 3. The van der Waals surface area contributed by atoms with Gasteiger partial charge in [0.25, 0.3) is 0 Å². The van der Waals surface area contributed by atoms with E-state index in [1.54, 1.807) is 0 Å². The van der Waals surface area contributed by atoms with Crippen molar-refractivity contribution in [2.75, 3.05) is 26.2 Å². The fourth-order valence-corrected chi connectivity index (χ4v) is 1.39. The van der Waals surface area contributed by atoms with E-state index in [2.05, 4.69) is 25.7 Å². The van der Waals surface area contributed by atoms with Gasteiger partial charge >= 0.3 is 0 Å². The van der Waals surface area contributed by atoms with E-state index < -0.39 is 5.54 Å². The van der Waals surface area contributed by atoms with Crippen LogP contribution in [0.15, 0.2) is 0 Å². The van der Waals surface area contributed by atoms with Crippen molar-refractivity contribution in [3.63, 3.8) is 0 Å². The van der Waals surface area contributed by atoms with E-state index in [9.17, 15) is 0 Å². The maximum Gasteiger partial charge on any atom is 0.0608 e. The molecule has 3 N–H and O–H groups in total. The van der Waals surface area contributed by atoms with E-state index in [4.69, 9.17) is 10.8 Å². The Morgan fingerprint density at radius 3 is 2.36 bits per heavy atom. The number of nitrogens with two attached hydrogens (primary N) is 1. The van der Waals surface area contributed by atoms with Crippen LogP contribution in [0.5, 0.6) is 0 Å². The van der Waals surface area contributed by atoms with Gasteiger partial charge in [0, 0.05) is 12.1 Å². The zero-order valence-corrected chi connectivity index (χ0v) is 10.1. The van der Waals surface area contributed by atoms with Crippen LogP contribution >= 0.6 is 0 Å². The van der Waals surface area contributed by atoms with E-state index in [0.29, 0.717) is 5.92 Å². The first kappa shape index (κ1) is 13.9. The number of hydrogen-bond donors (Lipinski definition) is 2. The van der Waals surface area contributed by atoms with Crippen LogP contribution in [0.3, 0.4) is 0 Å². The van der Waals surface area contributed by atoms with E-state index in [-0.39, 0.29) is 6.61 Å². The Morgan fingerprint density at radius 1 is 1.43 bits per heavy atom. The van der Waals surface area contributed by atoms with Crippen LogP contribution in [0.4, 0.5) is 0 Å². The number of aliphatic hydroxyl groups excluding tert-OH is 1. The second-order valence-corrected chi connectivity index (χ2v) is 4.85. The molecular weight excluding hydrogens is 176 g/mol. The lowest BCUT2D eigenvalue weighted by Gasteiger charge is -2.28. The predicted octanol–water partition coefficient (Wildman–Crippen LogP) is 1.06. The third-order valence-corrected chi connectivity index (χ3v) is 2.43. The summed E-state index contributed by atoms with van der Waals surface area (Å²) in [6, 6.07) is 0. The maximum absolute atomic E-state index is 9.02. The van der Waals surface area contributed by atoms with Crippen molar-refractivity contribution in [3.8, 4) is 0 Å². The fourth-order valence-electron chi connectivity index (χ4n) is 1.39. The van der Waals surface area contributed by atoms with Crippen molar-refractivity contribution < 1.29 is 5.11 Å². The van der Waals surface area contributed by atoms with E-state index in [1.807, 2.05) is 6.92 Å². The van der Waals surface area contributed by atoms with Gasteiger partial charge in [-0.3, -0.25) is 0 Å². The van der Waals surface area contributed by atoms with Crippen LogP contribution in [0.2, 0.25) is 0 Å². The molecule has 0 aromatic heterocycles. The summed E-state index contributed by atoms with van der Waals surface area (Å²) >= 11 is 0. The summed E-state index contributed by atoms with van der Waals surface area (Å²) in [5.41, 5.74) is 5.45. The van der Waals surface area contributed by atoms with Crippen molar-refractivity contribution in [1.82, 2.24) is 4.90 Å². The maximum atomic E-state index is 9.02. The molecule has 0 aromatic carbocycles. The second-order valence-electron chi connectivity index (χ2n) is 4.85. The van der Waals surface area contributed by atoms with Gasteiger partial charge in [0.15, 0.2) is 0 Å². The minimum Gasteiger partial charge on any atom is -0.394 e. The summed E-state index contributed by atoms with van der Waals surface area (Å²) in [6.07, 6.45) is 0.851. The Hall–Kier alpha value is -0.120. The largest absolute Gasteiger partial charge is 0.394 e. The van der Waals surface area contributed by atoms with Gasteiger partial charge in [-0.1, -0.05) is 20.8 Å². The molecule has 0 aromatic rings. The molecule has 0 rings (SSSR count). The van der Waals surface area contributed by atoms with Gasteiger partial charge < -0.3 is 15.7 Å². The molecule has 0 radical (unpaired) electrons. The van der Waals surface area contributed by atoms with Crippen LogP contribution in [0.25, 0.3) is 0 Å². The quantitative estimate of drug-likeness (QED) is 0.649. The highest BCUT2D eigenvalue weighted by molar-refractivity contribution is 4.78. The van der Waals surface area contributed by atoms with Crippen LogP contribution < -0.4 is 5.73 Å². The Labute approximate surface area is 88.3 Å². The number of rotatable bonds is 7. The molecule has 14 heavy (non-hydrogen) atoms. The van der Waals surface area contributed by atoms with E-state index in [0.717, 1.165) is 26.1 Å². The average Bonchev–Trinajstić information content (AvgIpc) is 2.12. The normalized spacial score (nSPS) is 16.3. The van der Waals surface area contributed by atoms with Gasteiger partial charge in [-0.2, -0.15) is 0 Å². The number of nitrogens with zero attached hydrogens (tertiary/aromatic N) is 1. The molecule has 0 aliphatic rings. The van der Waals surface area contributed by atoms with Gasteiger partial charge in [-0.25, -0.2) is 0 Å². The topological polar surface area (TPSA) is 49.5 Å². The summed E-state index contributed by atoms with van der Waals surface area (Å²) in [5, 5.41) is 9.02. The lowest BCUT2D eigenvalue weighted by Crippen LogP contribution is -2.44. The minimum atomic E-state index is -0.426. The zero-order valence-electron chi connectivity index (χ0n) is 10.1. The standard InChI is InChI=1S/C11H26N2O/c1-5-13(8-10(2)3)7-6-11(4,12)9-14/h10,14H,5-9,12H2,1-4H3. The lowest BCUT2D eigenvalue weighted by molar-refractivity contribution is 0.171. The molecule has 86 valence electrons. The smallest absolute Gasteiger partial charge is 0.0608 e. The summed E-state index contributed by atoms with van der Waals surface area (Å²) in [4.78, 5) is 2.38. The Balaban J connectivity index is 3.83. The average molecular weight is 202 g/mol. The van der Waals surface area contributed by atoms with Gasteiger partial charge in [-0.05, 0) is 32.4 Å². The van der Waals surface area contributed by atoms with Crippen LogP contribution in [0, 0.1) is 5.92 Å². The molecule has 0 saturated carbocycles. The number of aliphatic hydroxyl groups is 1. The zero-order chi connectivity index (χ0) is 11.2. The monoisotopic (exact) mass is 202 g/mol.